The standard InChI is InChI=1S/C19H18N2O4S/c1-14(18(23)20-21-19(24)15-8-4-2-5-9-15)25-17(22)12-13-26-16-10-6-3-7-11-16/h2-14H,1H3,(H,20,23)(H,21,24)/b13-12+/t14-/m0/s1. The molecule has 0 spiro atoms. The Kier molecular flexibility index (Phi) is 7.45. The van der Waals surface area contributed by atoms with Gasteiger partial charge in [0.1, 0.15) is 0 Å². The van der Waals surface area contributed by atoms with Crippen molar-refractivity contribution in [3.05, 3.63) is 77.7 Å². The zero-order valence-corrected chi connectivity index (χ0v) is 14.9. The molecule has 0 saturated carbocycles. The molecule has 0 saturated heterocycles. The van der Waals surface area contributed by atoms with Gasteiger partial charge in [-0.1, -0.05) is 48.2 Å². The molecular formula is C19H18N2O4S. The number of hydrogen-bond acceptors (Lipinski definition) is 5. The lowest BCUT2D eigenvalue weighted by Crippen LogP contribution is -2.46. The summed E-state index contributed by atoms with van der Waals surface area (Å²) in [6.45, 7) is 1.42. The second-order valence-corrected chi connectivity index (χ2v) is 6.10. The third-order valence-electron chi connectivity index (χ3n) is 3.15. The Morgan fingerprint density at radius 1 is 0.962 bits per heavy atom. The lowest BCUT2D eigenvalue weighted by molar-refractivity contribution is -0.150. The van der Waals surface area contributed by atoms with E-state index in [-0.39, 0.29) is 0 Å². The summed E-state index contributed by atoms with van der Waals surface area (Å²) in [7, 11) is 0. The minimum absolute atomic E-state index is 0.401. The zero-order chi connectivity index (χ0) is 18.8. The normalized spacial score (nSPS) is 11.6. The summed E-state index contributed by atoms with van der Waals surface area (Å²) in [5, 5.41) is 1.58. The molecule has 134 valence electrons. The molecule has 2 rings (SSSR count). The molecule has 1 atom stereocenters. The Morgan fingerprint density at radius 3 is 2.23 bits per heavy atom. The maximum atomic E-state index is 11.9. The quantitative estimate of drug-likeness (QED) is 0.353. The van der Waals surface area contributed by atoms with Crippen LogP contribution in [0.25, 0.3) is 0 Å². The van der Waals surface area contributed by atoms with Gasteiger partial charge in [0.05, 0.1) is 0 Å². The van der Waals surface area contributed by atoms with Crippen molar-refractivity contribution in [3.8, 4) is 0 Å². The predicted molar refractivity (Wildman–Crippen MR) is 99.0 cm³/mol. The third-order valence-corrected chi connectivity index (χ3v) is 3.97. The first-order valence-electron chi connectivity index (χ1n) is 7.80. The maximum Gasteiger partial charge on any atom is 0.332 e. The SMILES string of the molecule is C[C@H](OC(=O)/C=C/Sc1ccccc1)C(=O)NNC(=O)c1ccccc1. The Morgan fingerprint density at radius 2 is 1.58 bits per heavy atom. The Hall–Kier alpha value is -3.06. The van der Waals surface area contributed by atoms with E-state index in [1.165, 1.54) is 24.8 Å². The van der Waals surface area contributed by atoms with Crippen LogP contribution in [0.2, 0.25) is 0 Å². The molecule has 0 radical (unpaired) electrons. The highest BCUT2D eigenvalue weighted by Gasteiger charge is 2.17. The molecule has 7 heteroatoms. The molecule has 2 aromatic carbocycles. The van der Waals surface area contributed by atoms with Crippen LogP contribution >= 0.6 is 11.8 Å². The fraction of sp³-hybridized carbons (Fsp3) is 0.105. The number of thioether (sulfide) groups is 1. The molecule has 0 unspecified atom stereocenters. The van der Waals surface area contributed by atoms with E-state index >= 15 is 0 Å². The second-order valence-electron chi connectivity index (χ2n) is 5.12. The lowest BCUT2D eigenvalue weighted by Gasteiger charge is -2.13. The smallest absolute Gasteiger partial charge is 0.332 e. The monoisotopic (exact) mass is 370 g/mol. The van der Waals surface area contributed by atoms with Gasteiger partial charge in [-0.15, -0.1) is 0 Å². The third kappa shape index (κ3) is 6.45. The fourth-order valence-corrected chi connectivity index (χ4v) is 2.47. The lowest BCUT2D eigenvalue weighted by atomic mass is 10.2. The van der Waals surface area contributed by atoms with Gasteiger partial charge in [0, 0.05) is 16.5 Å². The van der Waals surface area contributed by atoms with Crippen molar-refractivity contribution in [1.82, 2.24) is 10.9 Å². The van der Waals surface area contributed by atoms with Crippen LogP contribution in [0.15, 0.2) is 77.0 Å². The van der Waals surface area contributed by atoms with Gasteiger partial charge < -0.3 is 4.74 Å². The van der Waals surface area contributed by atoms with E-state index in [2.05, 4.69) is 10.9 Å². The number of benzene rings is 2. The van der Waals surface area contributed by atoms with Crippen molar-refractivity contribution in [2.24, 2.45) is 0 Å². The molecule has 0 aliphatic carbocycles. The number of carbonyl (C=O) groups is 3. The molecule has 0 aromatic heterocycles. The summed E-state index contributed by atoms with van der Waals surface area (Å²) < 4.78 is 4.99. The fourth-order valence-electron chi connectivity index (χ4n) is 1.82. The van der Waals surface area contributed by atoms with Crippen LogP contribution in [0.5, 0.6) is 0 Å². The van der Waals surface area contributed by atoms with E-state index < -0.39 is 23.9 Å². The number of carbonyl (C=O) groups excluding carboxylic acids is 3. The minimum Gasteiger partial charge on any atom is -0.449 e. The molecule has 26 heavy (non-hydrogen) atoms. The van der Waals surface area contributed by atoms with Crippen LogP contribution in [-0.2, 0) is 14.3 Å². The van der Waals surface area contributed by atoms with Crippen LogP contribution < -0.4 is 10.9 Å². The van der Waals surface area contributed by atoms with Gasteiger partial charge >= 0.3 is 5.97 Å². The van der Waals surface area contributed by atoms with Crippen LogP contribution in [-0.4, -0.2) is 23.9 Å². The Balaban J connectivity index is 1.73. The number of amides is 2. The maximum absolute atomic E-state index is 11.9. The second kappa shape index (κ2) is 10.0. The zero-order valence-electron chi connectivity index (χ0n) is 14.0. The first-order valence-corrected chi connectivity index (χ1v) is 8.68. The summed E-state index contributed by atoms with van der Waals surface area (Å²) in [6.07, 6.45) is 0.189. The van der Waals surface area contributed by atoms with Gasteiger partial charge in [0.25, 0.3) is 11.8 Å². The summed E-state index contributed by atoms with van der Waals surface area (Å²) in [4.78, 5) is 36.4. The molecule has 6 nitrogen and oxygen atoms in total. The summed E-state index contributed by atoms with van der Waals surface area (Å²) in [5.41, 5.74) is 4.89. The van der Waals surface area contributed by atoms with E-state index in [0.717, 1.165) is 4.90 Å². The number of rotatable bonds is 6. The highest BCUT2D eigenvalue weighted by atomic mass is 32.2. The van der Waals surface area contributed by atoms with Crippen molar-refractivity contribution < 1.29 is 19.1 Å². The number of nitrogens with one attached hydrogen (secondary N) is 2. The number of hydrazine groups is 1. The van der Waals surface area contributed by atoms with Crippen LogP contribution in [0, 0.1) is 0 Å². The van der Waals surface area contributed by atoms with Gasteiger partial charge in [-0.05, 0) is 36.6 Å². The molecule has 0 bridgehead atoms. The average Bonchev–Trinajstić information content (AvgIpc) is 2.67. The largest absolute Gasteiger partial charge is 0.449 e. The Labute approximate surface area is 155 Å². The molecule has 2 amide bonds. The van der Waals surface area contributed by atoms with E-state index in [4.69, 9.17) is 4.74 Å². The van der Waals surface area contributed by atoms with Crippen molar-refractivity contribution in [3.63, 3.8) is 0 Å². The summed E-state index contributed by atoms with van der Waals surface area (Å²) >= 11 is 1.36. The van der Waals surface area contributed by atoms with Crippen molar-refractivity contribution in [1.29, 1.82) is 0 Å². The van der Waals surface area contributed by atoms with Crippen LogP contribution in [0.1, 0.15) is 17.3 Å². The van der Waals surface area contributed by atoms with Crippen LogP contribution in [0.3, 0.4) is 0 Å². The number of esters is 1. The molecule has 0 fully saturated rings. The van der Waals surface area contributed by atoms with Gasteiger partial charge in [-0.25, -0.2) is 4.79 Å². The first-order chi connectivity index (χ1) is 12.6. The number of ether oxygens (including phenoxy) is 1. The summed E-state index contributed by atoms with van der Waals surface area (Å²) in [6, 6.07) is 17.9. The van der Waals surface area contributed by atoms with Crippen LogP contribution in [0.4, 0.5) is 0 Å². The highest BCUT2D eigenvalue weighted by molar-refractivity contribution is 8.02. The predicted octanol–water partition coefficient (Wildman–Crippen LogP) is 2.69. The molecular weight excluding hydrogens is 352 g/mol. The van der Waals surface area contributed by atoms with Gasteiger partial charge in [0.15, 0.2) is 6.10 Å². The van der Waals surface area contributed by atoms with Crippen molar-refractivity contribution >= 4 is 29.5 Å². The minimum atomic E-state index is -1.05. The van der Waals surface area contributed by atoms with E-state index in [9.17, 15) is 14.4 Å². The molecule has 0 aliphatic rings. The van der Waals surface area contributed by atoms with Crippen molar-refractivity contribution in [2.75, 3.05) is 0 Å². The molecule has 2 N–H and O–H groups in total. The Bertz CT molecular complexity index is 779. The first kappa shape index (κ1) is 19.3. The van der Waals surface area contributed by atoms with Gasteiger partial charge in [0.2, 0.25) is 0 Å². The van der Waals surface area contributed by atoms with E-state index in [0.29, 0.717) is 5.56 Å². The van der Waals surface area contributed by atoms with Crippen molar-refractivity contribution in [2.45, 2.75) is 17.9 Å². The number of hydrogen-bond donors (Lipinski definition) is 2. The topological polar surface area (TPSA) is 84.5 Å². The molecule has 0 heterocycles. The average molecular weight is 370 g/mol. The van der Waals surface area contributed by atoms with E-state index in [1.807, 2.05) is 30.3 Å². The van der Waals surface area contributed by atoms with Gasteiger partial charge in [-0.3, -0.25) is 20.4 Å². The van der Waals surface area contributed by atoms with E-state index in [1.54, 1.807) is 35.7 Å². The molecule has 0 aliphatic heterocycles. The van der Waals surface area contributed by atoms with Gasteiger partial charge in [-0.2, -0.15) is 0 Å². The molecule has 2 aromatic rings. The highest BCUT2D eigenvalue weighted by Crippen LogP contribution is 2.17. The summed E-state index contributed by atoms with van der Waals surface area (Å²) in [5.74, 6) is -1.74.